The summed E-state index contributed by atoms with van der Waals surface area (Å²) in [5.74, 6) is 1.00. The van der Waals surface area contributed by atoms with E-state index in [4.69, 9.17) is 0 Å². The number of piperidine rings is 1. The van der Waals surface area contributed by atoms with Crippen molar-refractivity contribution < 1.29 is 4.79 Å². The highest BCUT2D eigenvalue weighted by molar-refractivity contribution is 5.94. The second kappa shape index (κ2) is 4.01. The van der Waals surface area contributed by atoms with Gasteiger partial charge in [-0.15, -0.1) is 0 Å². The van der Waals surface area contributed by atoms with E-state index in [9.17, 15) is 4.79 Å². The first-order chi connectivity index (χ1) is 7.84. The van der Waals surface area contributed by atoms with Crippen LogP contribution in [0.4, 0.5) is 0 Å². The third-order valence-corrected chi connectivity index (χ3v) is 3.65. The van der Waals surface area contributed by atoms with Gasteiger partial charge in [-0.25, -0.2) is 4.98 Å². The van der Waals surface area contributed by atoms with E-state index in [1.807, 2.05) is 0 Å². The van der Waals surface area contributed by atoms with E-state index >= 15 is 0 Å². The molecule has 3 rings (SSSR count). The van der Waals surface area contributed by atoms with Gasteiger partial charge in [0.1, 0.15) is 0 Å². The minimum atomic E-state index is 0.174. The van der Waals surface area contributed by atoms with Gasteiger partial charge < -0.3 is 10.3 Å². The Labute approximate surface area is 94.8 Å². The third-order valence-electron chi connectivity index (χ3n) is 3.65. The Hall–Kier alpha value is -1.16. The Bertz CT molecular complexity index is 383. The summed E-state index contributed by atoms with van der Waals surface area (Å²) in [6, 6.07) is 0. The van der Waals surface area contributed by atoms with Crippen molar-refractivity contribution in [3.05, 3.63) is 17.2 Å². The number of hydrogen-bond donors (Lipinski definition) is 2. The van der Waals surface area contributed by atoms with E-state index in [0.29, 0.717) is 5.82 Å². The maximum atomic E-state index is 12.2. The molecule has 1 aromatic heterocycles. The molecule has 0 radical (unpaired) electrons. The number of nitrogens with zero attached hydrogens (tertiary/aromatic N) is 1. The predicted octanol–water partition coefficient (Wildman–Crippen LogP) is 1.08. The molecule has 0 spiro atoms. The number of H-pyrrole nitrogens is 1. The smallest absolute Gasteiger partial charge is 0.201 e. The fourth-order valence-electron chi connectivity index (χ4n) is 2.69. The summed E-state index contributed by atoms with van der Waals surface area (Å²) in [7, 11) is 0. The predicted molar refractivity (Wildman–Crippen MR) is 60.5 cm³/mol. The highest BCUT2D eigenvalue weighted by Crippen LogP contribution is 2.22. The van der Waals surface area contributed by atoms with Crippen LogP contribution in [0.1, 0.15) is 41.3 Å². The van der Waals surface area contributed by atoms with Crippen LogP contribution in [0.5, 0.6) is 0 Å². The Morgan fingerprint density at radius 3 is 2.81 bits per heavy atom. The van der Waals surface area contributed by atoms with Gasteiger partial charge in [0, 0.05) is 11.6 Å². The van der Waals surface area contributed by atoms with Crippen LogP contribution in [0.25, 0.3) is 0 Å². The van der Waals surface area contributed by atoms with Crippen LogP contribution in [0.3, 0.4) is 0 Å². The fourth-order valence-corrected chi connectivity index (χ4v) is 2.69. The van der Waals surface area contributed by atoms with Gasteiger partial charge in [-0.2, -0.15) is 0 Å². The number of hydrogen-bond acceptors (Lipinski definition) is 3. The number of carbonyl (C=O) groups excluding carboxylic acids is 1. The Morgan fingerprint density at radius 2 is 2.06 bits per heavy atom. The molecule has 86 valence electrons. The van der Waals surface area contributed by atoms with Crippen molar-refractivity contribution in [3.63, 3.8) is 0 Å². The van der Waals surface area contributed by atoms with Crippen molar-refractivity contribution in [1.29, 1.82) is 0 Å². The van der Waals surface area contributed by atoms with Crippen molar-refractivity contribution in [2.75, 3.05) is 13.1 Å². The first-order valence-electron chi connectivity index (χ1n) is 6.17. The van der Waals surface area contributed by atoms with Crippen LogP contribution in [0.15, 0.2) is 0 Å². The average Bonchev–Trinajstić information content (AvgIpc) is 2.89. The minimum absolute atomic E-state index is 0.174. The lowest BCUT2D eigenvalue weighted by molar-refractivity contribution is 0.0885. The summed E-state index contributed by atoms with van der Waals surface area (Å²) in [6.45, 7) is 1.91. The number of rotatable bonds is 2. The molecular formula is C12H17N3O. The lowest BCUT2D eigenvalue weighted by Crippen LogP contribution is -2.32. The molecule has 0 saturated carbocycles. The first-order valence-corrected chi connectivity index (χ1v) is 6.17. The number of carbonyl (C=O) groups is 1. The molecule has 0 aromatic carbocycles. The zero-order valence-corrected chi connectivity index (χ0v) is 9.38. The fraction of sp³-hybridized carbons (Fsp3) is 0.667. The van der Waals surface area contributed by atoms with E-state index < -0.39 is 0 Å². The molecule has 2 heterocycles. The SMILES string of the molecule is O=C(c1nc2c([nH]1)CCC2)C1CCNCC1. The summed E-state index contributed by atoms with van der Waals surface area (Å²) in [6.07, 6.45) is 5.16. The van der Waals surface area contributed by atoms with Gasteiger partial charge in [0.05, 0.1) is 5.69 Å². The van der Waals surface area contributed by atoms with Gasteiger partial charge in [-0.05, 0) is 45.2 Å². The zero-order valence-electron chi connectivity index (χ0n) is 9.38. The van der Waals surface area contributed by atoms with Gasteiger partial charge in [0.2, 0.25) is 5.78 Å². The van der Waals surface area contributed by atoms with E-state index in [1.54, 1.807) is 0 Å². The molecule has 0 bridgehead atoms. The summed E-state index contributed by atoms with van der Waals surface area (Å²) in [4.78, 5) is 19.8. The zero-order chi connectivity index (χ0) is 11.0. The van der Waals surface area contributed by atoms with Crippen LogP contribution < -0.4 is 5.32 Å². The van der Waals surface area contributed by atoms with E-state index in [1.165, 1.54) is 12.1 Å². The number of ketones is 1. The highest BCUT2D eigenvalue weighted by atomic mass is 16.1. The molecule has 1 saturated heterocycles. The van der Waals surface area contributed by atoms with Crippen LogP contribution >= 0.6 is 0 Å². The lowest BCUT2D eigenvalue weighted by Gasteiger charge is -2.20. The number of aromatic nitrogens is 2. The first kappa shape index (κ1) is 10.0. The van der Waals surface area contributed by atoms with Gasteiger partial charge in [-0.3, -0.25) is 4.79 Å². The van der Waals surface area contributed by atoms with Gasteiger partial charge in [0.15, 0.2) is 5.82 Å². The quantitative estimate of drug-likeness (QED) is 0.732. The number of aromatic amines is 1. The molecule has 0 unspecified atom stereocenters. The van der Waals surface area contributed by atoms with Crippen LogP contribution in [0, 0.1) is 5.92 Å². The maximum Gasteiger partial charge on any atom is 0.201 e. The monoisotopic (exact) mass is 219 g/mol. The summed E-state index contributed by atoms with van der Waals surface area (Å²) < 4.78 is 0. The van der Waals surface area contributed by atoms with Crippen molar-refractivity contribution >= 4 is 5.78 Å². The van der Waals surface area contributed by atoms with E-state index in [-0.39, 0.29) is 11.7 Å². The number of Topliss-reactive ketones (excluding diaryl/α,β-unsaturated/α-hetero) is 1. The van der Waals surface area contributed by atoms with Crippen LogP contribution in [-0.4, -0.2) is 28.8 Å². The molecule has 1 aromatic rings. The molecular weight excluding hydrogens is 202 g/mol. The Morgan fingerprint density at radius 1 is 1.25 bits per heavy atom. The van der Waals surface area contributed by atoms with Gasteiger partial charge in [-0.1, -0.05) is 0 Å². The number of aryl methyl sites for hydroxylation is 2. The van der Waals surface area contributed by atoms with E-state index in [0.717, 1.165) is 44.5 Å². The Kier molecular flexibility index (Phi) is 2.52. The standard InChI is InChI=1S/C12H17N3O/c16-11(8-4-6-13-7-5-8)12-14-9-2-1-3-10(9)15-12/h8,13H,1-7H2,(H,14,15). The van der Waals surface area contributed by atoms with Crippen molar-refractivity contribution in [2.24, 2.45) is 5.92 Å². The molecule has 1 fully saturated rings. The molecule has 4 nitrogen and oxygen atoms in total. The number of fused-ring (bicyclic) bond motifs is 1. The Balaban J connectivity index is 1.78. The normalized spacial score (nSPS) is 21.0. The largest absolute Gasteiger partial charge is 0.339 e. The minimum Gasteiger partial charge on any atom is -0.339 e. The molecule has 0 atom stereocenters. The molecule has 2 aliphatic rings. The van der Waals surface area contributed by atoms with Crippen LogP contribution in [-0.2, 0) is 12.8 Å². The van der Waals surface area contributed by atoms with Gasteiger partial charge in [0.25, 0.3) is 0 Å². The molecule has 1 aliphatic carbocycles. The lowest BCUT2D eigenvalue weighted by atomic mass is 9.93. The molecule has 1 aliphatic heterocycles. The molecule has 4 heteroatoms. The molecule has 2 N–H and O–H groups in total. The van der Waals surface area contributed by atoms with E-state index in [2.05, 4.69) is 15.3 Å². The van der Waals surface area contributed by atoms with Crippen molar-refractivity contribution in [3.8, 4) is 0 Å². The summed E-state index contributed by atoms with van der Waals surface area (Å²) in [5.41, 5.74) is 2.31. The number of nitrogens with one attached hydrogen (secondary N) is 2. The third kappa shape index (κ3) is 1.67. The van der Waals surface area contributed by atoms with Crippen molar-refractivity contribution in [2.45, 2.75) is 32.1 Å². The van der Waals surface area contributed by atoms with Crippen molar-refractivity contribution in [1.82, 2.24) is 15.3 Å². The molecule has 0 amide bonds. The summed E-state index contributed by atoms with van der Waals surface area (Å²) >= 11 is 0. The molecule has 16 heavy (non-hydrogen) atoms. The number of imidazole rings is 1. The highest BCUT2D eigenvalue weighted by Gasteiger charge is 2.26. The topological polar surface area (TPSA) is 57.8 Å². The second-order valence-corrected chi connectivity index (χ2v) is 4.75. The second-order valence-electron chi connectivity index (χ2n) is 4.75. The maximum absolute atomic E-state index is 12.2. The van der Waals surface area contributed by atoms with Gasteiger partial charge >= 0.3 is 0 Å². The average molecular weight is 219 g/mol. The summed E-state index contributed by atoms with van der Waals surface area (Å²) in [5, 5.41) is 3.28. The van der Waals surface area contributed by atoms with Crippen LogP contribution in [0.2, 0.25) is 0 Å².